The van der Waals surface area contributed by atoms with Crippen molar-refractivity contribution in [2.24, 2.45) is 5.92 Å². The predicted octanol–water partition coefficient (Wildman–Crippen LogP) is -0.0746. The van der Waals surface area contributed by atoms with Crippen LogP contribution < -0.4 is 0 Å². The van der Waals surface area contributed by atoms with E-state index in [4.69, 9.17) is 15.3 Å². The van der Waals surface area contributed by atoms with E-state index >= 15 is 0 Å². The zero-order valence-electron chi connectivity index (χ0n) is 16.9. The second-order valence-corrected chi connectivity index (χ2v) is 7.56. The topological polar surface area (TPSA) is 139 Å². The molecule has 0 amide bonds. The Bertz CT molecular complexity index is 544. The van der Waals surface area contributed by atoms with Gasteiger partial charge in [0.05, 0.1) is 19.6 Å². The largest absolute Gasteiger partial charge is 0.481 e. The van der Waals surface area contributed by atoms with Crippen molar-refractivity contribution >= 4 is 24.2 Å². The van der Waals surface area contributed by atoms with E-state index < -0.39 is 17.9 Å². The number of carbonyl (C=O) groups excluding carboxylic acids is 1. The molecule has 3 N–H and O–H groups in total. The number of aliphatic carboxylic acids is 3. The first-order valence-corrected chi connectivity index (χ1v) is 10.1. The van der Waals surface area contributed by atoms with Gasteiger partial charge in [-0.25, -0.2) is 0 Å². The van der Waals surface area contributed by atoms with E-state index in [0.29, 0.717) is 52.1 Å². The highest BCUT2D eigenvalue weighted by Crippen LogP contribution is 2.19. The molecule has 0 saturated carbocycles. The van der Waals surface area contributed by atoms with Crippen molar-refractivity contribution in [3.05, 3.63) is 0 Å². The highest BCUT2D eigenvalue weighted by molar-refractivity contribution is 5.69. The van der Waals surface area contributed by atoms with Crippen LogP contribution in [0, 0.1) is 5.92 Å². The smallest absolute Gasteiger partial charge is 0.317 e. The first-order chi connectivity index (χ1) is 13.8. The van der Waals surface area contributed by atoms with Crippen LogP contribution in [-0.4, -0.2) is 113 Å². The molecule has 1 unspecified atom stereocenters. The van der Waals surface area contributed by atoms with Gasteiger partial charge in [0.15, 0.2) is 0 Å². The first kappa shape index (κ1) is 25.0. The fourth-order valence-corrected chi connectivity index (χ4v) is 3.69. The first-order valence-electron chi connectivity index (χ1n) is 10.1. The van der Waals surface area contributed by atoms with Crippen LogP contribution in [0.1, 0.15) is 32.1 Å². The molecule has 0 aromatic carbocycles. The SMILES string of the molecule is O=CCN1CCCC(CC(=O)O)CCCN(CC(=O)O)CCN(CC(=O)O)CC1. The van der Waals surface area contributed by atoms with Gasteiger partial charge in [0.1, 0.15) is 6.29 Å². The summed E-state index contributed by atoms with van der Waals surface area (Å²) in [6, 6.07) is 0. The Morgan fingerprint density at radius 1 is 0.724 bits per heavy atom. The van der Waals surface area contributed by atoms with Gasteiger partial charge in [0.2, 0.25) is 0 Å². The number of rotatable bonds is 8. The van der Waals surface area contributed by atoms with E-state index in [1.54, 1.807) is 9.80 Å². The van der Waals surface area contributed by atoms with Crippen LogP contribution in [0.2, 0.25) is 0 Å². The lowest BCUT2D eigenvalue weighted by Crippen LogP contribution is -2.43. The minimum absolute atomic E-state index is 0.0173. The molecular formula is C19H33N3O7. The quantitative estimate of drug-likeness (QED) is 0.462. The van der Waals surface area contributed by atoms with Gasteiger partial charge in [-0.05, 0) is 44.7 Å². The Balaban J connectivity index is 2.85. The second-order valence-electron chi connectivity index (χ2n) is 7.56. The maximum absolute atomic E-state index is 11.2. The Hall–Kier alpha value is -2.04. The zero-order chi connectivity index (χ0) is 21.6. The molecule has 1 rings (SSSR count). The predicted molar refractivity (Wildman–Crippen MR) is 105 cm³/mol. The maximum atomic E-state index is 11.2. The van der Waals surface area contributed by atoms with Crippen LogP contribution in [0.3, 0.4) is 0 Å². The van der Waals surface area contributed by atoms with E-state index in [0.717, 1.165) is 19.1 Å². The number of nitrogens with zero attached hydrogens (tertiary/aromatic N) is 3. The Kier molecular flexibility index (Phi) is 12.1. The van der Waals surface area contributed by atoms with Gasteiger partial charge in [0.25, 0.3) is 0 Å². The number of aldehydes is 1. The zero-order valence-corrected chi connectivity index (χ0v) is 16.9. The Morgan fingerprint density at radius 3 is 1.62 bits per heavy atom. The summed E-state index contributed by atoms with van der Waals surface area (Å²) in [5, 5.41) is 27.4. The molecule has 1 heterocycles. The lowest BCUT2D eigenvalue weighted by Gasteiger charge is -2.29. The summed E-state index contributed by atoms with van der Waals surface area (Å²) in [7, 11) is 0. The summed E-state index contributed by atoms with van der Waals surface area (Å²) in [5.41, 5.74) is 0. The van der Waals surface area contributed by atoms with Gasteiger partial charge >= 0.3 is 17.9 Å². The highest BCUT2D eigenvalue weighted by Gasteiger charge is 2.19. The molecule has 0 bridgehead atoms. The fraction of sp³-hybridized carbons (Fsp3) is 0.789. The standard InChI is InChI=1S/C19H33N3O7/c23-12-11-20-5-1-3-16(13-17(24)25)4-2-6-21(14-18(26)27)9-10-22(8-7-20)15-19(28)29/h12,16H,1-11,13-15H2,(H,24,25)(H,26,27)(H,28,29). The average molecular weight is 415 g/mol. The molecule has 166 valence electrons. The average Bonchev–Trinajstić information content (AvgIpc) is 2.61. The van der Waals surface area contributed by atoms with Crippen molar-refractivity contribution in [2.75, 3.05) is 58.9 Å². The minimum atomic E-state index is -0.950. The highest BCUT2D eigenvalue weighted by atomic mass is 16.4. The van der Waals surface area contributed by atoms with Crippen molar-refractivity contribution in [2.45, 2.75) is 32.1 Å². The summed E-state index contributed by atoms with van der Waals surface area (Å²) in [6.45, 7) is 2.95. The van der Waals surface area contributed by atoms with Crippen LogP contribution >= 0.6 is 0 Å². The van der Waals surface area contributed by atoms with Crippen molar-refractivity contribution in [1.82, 2.24) is 14.7 Å². The van der Waals surface area contributed by atoms with Crippen LogP contribution in [0.4, 0.5) is 0 Å². The maximum Gasteiger partial charge on any atom is 0.317 e. The molecule has 0 spiro atoms. The van der Waals surface area contributed by atoms with E-state index in [1.165, 1.54) is 0 Å². The van der Waals surface area contributed by atoms with Crippen LogP contribution in [0.25, 0.3) is 0 Å². The van der Waals surface area contributed by atoms with E-state index in [-0.39, 0.29) is 32.0 Å². The van der Waals surface area contributed by atoms with E-state index in [2.05, 4.69) is 0 Å². The summed E-state index contributed by atoms with van der Waals surface area (Å²) < 4.78 is 0. The van der Waals surface area contributed by atoms with E-state index in [9.17, 15) is 19.2 Å². The van der Waals surface area contributed by atoms with Crippen LogP contribution in [-0.2, 0) is 19.2 Å². The second kappa shape index (κ2) is 14.0. The minimum Gasteiger partial charge on any atom is -0.481 e. The molecule has 0 aromatic rings. The molecule has 1 aliphatic rings. The third kappa shape index (κ3) is 12.2. The van der Waals surface area contributed by atoms with Crippen LogP contribution in [0.5, 0.6) is 0 Å². The van der Waals surface area contributed by atoms with Gasteiger partial charge in [-0.3, -0.25) is 29.1 Å². The number of hydrogen-bond donors (Lipinski definition) is 3. The summed E-state index contributed by atoms with van der Waals surface area (Å²) in [5.74, 6) is -2.72. The van der Waals surface area contributed by atoms with Crippen molar-refractivity contribution in [3.8, 4) is 0 Å². The van der Waals surface area contributed by atoms with E-state index in [1.807, 2.05) is 4.90 Å². The monoisotopic (exact) mass is 415 g/mol. The van der Waals surface area contributed by atoms with Crippen molar-refractivity contribution in [3.63, 3.8) is 0 Å². The van der Waals surface area contributed by atoms with Gasteiger partial charge in [-0.1, -0.05) is 0 Å². The lowest BCUT2D eigenvalue weighted by molar-refractivity contribution is -0.140. The molecule has 0 radical (unpaired) electrons. The van der Waals surface area contributed by atoms with Gasteiger partial charge in [-0.2, -0.15) is 0 Å². The number of hydrogen-bond acceptors (Lipinski definition) is 7. The molecule has 0 aliphatic carbocycles. The fourth-order valence-electron chi connectivity index (χ4n) is 3.69. The van der Waals surface area contributed by atoms with Gasteiger partial charge in [-0.15, -0.1) is 0 Å². The summed E-state index contributed by atoms with van der Waals surface area (Å²) in [6.07, 6.45) is 3.74. The van der Waals surface area contributed by atoms with Crippen molar-refractivity contribution < 1.29 is 34.5 Å². The number of carboxylic acids is 3. The molecule has 0 aromatic heterocycles. The van der Waals surface area contributed by atoms with Crippen LogP contribution in [0.15, 0.2) is 0 Å². The summed E-state index contributed by atoms with van der Waals surface area (Å²) >= 11 is 0. The normalized spacial score (nSPS) is 21.9. The Labute approximate surface area is 171 Å². The Morgan fingerprint density at radius 2 is 1.17 bits per heavy atom. The van der Waals surface area contributed by atoms with Gasteiger partial charge < -0.3 is 20.1 Å². The molecule has 10 nitrogen and oxygen atoms in total. The number of carboxylic acid groups (broad SMARTS) is 3. The lowest BCUT2D eigenvalue weighted by atomic mass is 9.94. The van der Waals surface area contributed by atoms with Crippen molar-refractivity contribution in [1.29, 1.82) is 0 Å². The number of carbonyl (C=O) groups is 4. The third-order valence-electron chi connectivity index (χ3n) is 5.15. The molecule has 1 saturated heterocycles. The molecule has 1 atom stereocenters. The molecule has 29 heavy (non-hydrogen) atoms. The molecule has 1 aliphatic heterocycles. The molecular weight excluding hydrogens is 382 g/mol. The third-order valence-corrected chi connectivity index (χ3v) is 5.15. The molecule has 1 fully saturated rings. The van der Waals surface area contributed by atoms with Gasteiger partial charge in [0, 0.05) is 32.6 Å². The molecule has 10 heteroatoms. The summed E-state index contributed by atoms with van der Waals surface area (Å²) in [4.78, 5) is 49.9.